The standard InChI is InChI=1S/C16H11Cl2NO2S/c17-11-3-1-10(2-4-11)15-16(21)19(14(20)9-22-15)13-7-5-12(18)6-8-13/h1-8,15H,9H2/t15-/m1/s1. The van der Waals surface area contributed by atoms with Crippen LogP contribution in [0.3, 0.4) is 0 Å². The molecule has 0 bridgehead atoms. The highest BCUT2D eigenvalue weighted by Crippen LogP contribution is 2.37. The summed E-state index contributed by atoms with van der Waals surface area (Å²) >= 11 is 13.1. The van der Waals surface area contributed by atoms with Gasteiger partial charge in [0.05, 0.1) is 11.4 Å². The zero-order valence-corrected chi connectivity index (χ0v) is 13.7. The molecule has 0 N–H and O–H groups in total. The minimum atomic E-state index is -0.411. The van der Waals surface area contributed by atoms with Crippen LogP contribution in [0.25, 0.3) is 0 Å². The third kappa shape index (κ3) is 3.00. The molecule has 3 rings (SSSR count). The Morgan fingerprint density at radius 3 is 2.05 bits per heavy atom. The molecule has 6 heteroatoms. The van der Waals surface area contributed by atoms with E-state index in [1.54, 1.807) is 36.4 Å². The quantitative estimate of drug-likeness (QED) is 0.755. The van der Waals surface area contributed by atoms with E-state index in [2.05, 4.69) is 0 Å². The van der Waals surface area contributed by atoms with E-state index < -0.39 is 5.25 Å². The molecule has 1 aliphatic rings. The Bertz CT molecular complexity index is 716. The van der Waals surface area contributed by atoms with E-state index in [1.165, 1.54) is 16.7 Å². The van der Waals surface area contributed by atoms with Crippen molar-refractivity contribution in [2.45, 2.75) is 5.25 Å². The van der Waals surface area contributed by atoms with Gasteiger partial charge in [-0.2, -0.15) is 0 Å². The Morgan fingerprint density at radius 2 is 1.45 bits per heavy atom. The van der Waals surface area contributed by atoms with Gasteiger partial charge in [0.25, 0.3) is 5.91 Å². The molecule has 3 nitrogen and oxygen atoms in total. The van der Waals surface area contributed by atoms with Gasteiger partial charge in [0.2, 0.25) is 5.91 Å². The zero-order chi connectivity index (χ0) is 15.7. The molecule has 1 aliphatic heterocycles. The maximum absolute atomic E-state index is 12.7. The maximum Gasteiger partial charge on any atom is 0.251 e. The summed E-state index contributed by atoms with van der Waals surface area (Å²) in [6.45, 7) is 0. The fraction of sp³-hybridized carbons (Fsp3) is 0.125. The molecule has 1 atom stereocenters. The molecular formula is C16H11Cl2NO2S. The van der Waals surface area contributed by atoms with E-state index in [-0.39, 0.29) is 17.6 Å². The molecule has 1 fully saturated rings. The van der Waals surface area contributed by atoms with Gasteiger partial charge in [0.1, 0.15) is 5.25 Å². The Balaban J connectivity index is 1.93. The van der Waals surface area contributed by atoms with Crippen molar-refractivity contribution in [3.63, 3.8) is 0 Å². The van der Waals surface area contributed by atoms with E-state index in [9.17, 15) is 9.59 Å². The first kappa shape index (κ1) is 15.4. The summed E-state index contributed by atoms with van der Waals surface area (Å²) < 4.78 is 0. The third-order valence-corrected chi connectivity index (χ3v) is 5.05. The average Bonchev–Trinajstić information content (AvgIpc) is 2.51. The van der Waals surface area contributed by atoms with Gasteiger partial charge in [-0.3, -0.25) is 9.59 Å². The second-order valence-electron chi connectivity index (χ2n) is 4.79. The highest BCUT2D eigenvalue weighted by Gasteiger charge is 2.36. The van der Waals surface area contributed by atoms with E-state index in [0.29, 0.717) is 15.7 Å². The van der Waals surface area contributed by atoms with Crippen molar-refractivity contribution in [2.75, 3.05) is 10.7 Å². The van der Waals surface area contributed by atoms with Gasteiger partial charge in [-0.1, -0.05) is 35.3 Å². The van der Waals surface area contributed by atoms with Crippen molar-refractivity contribution in [2.24, 2.45) is 0 Å². The van der Waals surface area contributed by atoms with Gasteiger partial charge in [0, 0.05) is 10.0 Å². The number of nitrogens with zero attached hydrogens (tertiary/aromatic N) is 1. The third-order valence-electron chi connectivity index (χ3n) is 3.33. The minimum Gasteiger partial charge on any atom is -0.273 e. The van der Waals surface area contributed by atoms with E-state index >= 15 is 0 Å². The number of carbonyl (C=O) groups is 2. The van der Waals surface area contributed by atoms with Crippen LogP contribution in [-0.2, 0) is 9.59 Å². The minimum absolute atomic E-state index is 0.220. The fourth-order valence-electron chi connectivity index (χ4n) is 2.27. The molecule has 1 saturated heterocycles. The number of carbonyl (C=O) groups excluding carboxylic acids is 2. The van der Waals surface area contributed by atoms with Crippen molar-refractivity contribution in [3.05, 3.63) is 64.1 Å². The monoisotopic (exact) mass is 351 g/mol. The molecule has 0 radical (unpaired) electrons. The van der Waals surface area contributed by atoms with E-state index in [1.807, 2.05) is 12.1 Å². The van der Waals surface area contributed by atoms with Gasteiger partial charge < -0.3 is 0 Å². The number of benzene rings is 2. The lowest BCUT2D eigenvalue weighted by Gasteiger charge is -2.30. The maximum atomic E-state index is 12.7. The summed E-state index contributed by atoms with van der Waals surface area (Å²) in [5, 5.41) is 0.762. The number of rotatable bonds is 2. The van der Waals surface area contributed by atoms with Crippen LogP contribution >= 0.6 is 35.0 Å². The first-order chi connectivity index (χ1) is 10.6. The Morgan fingerprint density at radius 1 is 0.909 bits per heavy atom. The lowest BCUT2D eigenvalue weighted by atomic mass is 10.1. The molecule has 112 valence electrons. The van der Waals surface area contributed by atoms with Crippen molar-refractivity contribution >= 4 is 52.5 Å². The molecule has 0 saturated carbocycles. The SMILES string of the molecule is O=C1CS[C@H](c2ccc(Cl)cc2)C(=O)N1c1ccc(Cl)cc1. The molecule has 2 amide bonds. The molecule has 2 aromatic carbocycles. The summed E-state index contributed by atoms with van der Waals surface area (Å²) in [6, 6.07) is 13.8. The van der Waals surface area contributed by atoms with Crippen molar-refractivity contribution in [1.82, 2.24) is 0 Å². The molecule has 0 spiro atoms. The van der Waals surface area contributed by atoms with Gasteiger partial charge in [0.15, 0.2) is 0 Å². The highest BCUT2D eigenvalue weighted by molar-refractivity contribution is 8.01. The van der Waals surface area contributed by atoms with Crippen LogP contribution in [0.4, 0.5) is 5.69 Å². The number of amides is 2. The average molecular weight is 352 g/mol. The molecule has 2 aromatic rings. The number of halogens is 2. The second kappa shape index (κ2) is 6.32. The summed E-state index contributed by atoms with van der Waals surface area (Å²) in [5.41, 5.74) is 1.38. The van der Waals surface area contributed by atoms with E-state index in [4.69, 9.17) is 23.2 Å². The van der Waals surface area contributed by atoms with Gasteiger partial charge in [-0.15, -0.1) is 11.8 Å². The van der Waals surface area contributed by atoms with Gasteiger partial charge in [-0.05, 0) is 42.0 Å². The molecule has 0 unspecified atom stereocenters. The predicted octanol–water partition coefficient (Wildman–Crippen LogP) is 4.34. The number of imide groups is 1. The number of thioether (sulfide) groups is 1. The van der Waals surface area contributed by atoms with Crippen LogP contribution in [0.1, 0.15) is 10.8 Å². The number of hydrogen-bond donors (Lipinski definition) is 0. The van der Waals surface area contributed by atoms with Crippen molar-refractivity contribution in [3.8, 4) is 0 Å². The summed E-state index contributed by atoms with van der Waals surface area (Å²) in [7, 11) is 0. The first-order valence-corrected chi connectivity index (χ1v) is 8.36. The van der Waals surface area contributed by atoms with Crippen molar-refractivity contribution in [1.29, 1.82) is 0 Å². The lowest BCUT2D eigenvalue weighted by Crippen LogP contribution is -2.44. The summed E-state index contributed by atoms with van der Waals surface area (Å²) in [5.74, 6) is -0.213. The molecule has 22 heavy (non-hydrogen) atoms. The molecular weight excluding hydrogens is 341 g/mol. The summed E-state index contributed by atoms with van der Waals surface area (Å²) in [6.07, 6.45) is 0. The zero-order valence-electron chi connectivity index (χ0n) is 11.3. The van der Waals surface area contributed by atoms with Crippen LogP contribution in [0.2, 0.25) is 10.0 Å². The number of hydrogen-bond acceptors (Lipinski definition) is 3. The Kier molecular flexibility index (Phi) is 4.43. The van der Waals surface area contributed by atoms with Crippen LogP contribution in [0, 0.1) is 0 Å². The smallest absolute Gasteiger partial charge is 0.251 e. The van der Waals surface area contributed by atoms with Gasteiger partial charge in [-0.25, -0.2) is 4.90 Å². The van der Waals surface area contributed by atoms with Crippen molar-refractivity contribution < 1.29 is 9.59 Å². The van der Waals surface area contributed by atoms with Crippen LogP contribution < -0.4 is 4.90 Å². The largest absolute Gasteiger partial charge is 0.273 e. The normalized spacial score (nSPS) is 18.6. The lowest BCUT2D eigenvalue weighted by molar-refractivity contribution is -0.125. The van der Waals surface area contributed by atoms with E-state index in [0.717, 1.165) is 5.56 Å². The molecule has 0 aliphatic carbocycles. The Hall–Kier alpha value is -1.49. The van der Waals surface area contributed by atoms with Crippen LogP contribution in [0.15, 0.2) is 48.5 Å². The topological polar surface area (TPSA) is 37.4 Å². The van der Waals surface area contributed by atoms with Crippen LogP contribution in [-0.4, -0.2) is 17.6 Å². The Labute approximate surface area is 142 Å². The second-order valence-corrected chi connectivity index (χ2v) is 6.75. The molecule has 0 aromatic heterocycles. The highest BCUT2D eigenvalue weighted by atomic mass is 35.5. The number of anilines is 1. The van der Waals surface area contributed by atoms with Crippen LogP contribution in [0.5, 0.6) is 0 Å². The van der Waals surface area contributed by atoms with Gasteiger partial charge >= 0.3 is 0 Å². The summed E-state index contributed by atoms with van der Waals surface area (Å²) in [4.78, 5) is 26.1. The fourth-order valence-corrected chi connectivity index (χ4v) is 3.56. The molecule has 1 heterocycles. The predicted molar refractivity (Wildman–Crippen MR) is 90.6 cm³/mol. The first-order valence-electron chi connectivity index (χ1n) is 6.56.